The number of halogens is 2. The first-order valence-electron chi connectivity index (χ1n) is 10.9. The number of benzene rings is 3. The molecular formula is C28H21F2N5O. The van der Waals surface area contributed by atoms with Gasteiger partial charge in [0.2, 0.25) is 0 Å². The standard InChI is InChI=1S/C28H21F2N5O/c1-3-31-14-12-18(2)33-22-9-11-27(24(30)17-22)35-28(36)19-4-7-21(8-5-19)34-26-13-15-32-25-10-6-20(29)16-23(25)26/h1,4-17,33H,2H3,(H,32,34)(H,35,36)/b18-12+,31-14?. The molecule has 178 valence electrons. The van der Waals surface area contributed by atoms with Gasteiger partial charge in [-0.2, -0.15) is 0 Å². The number of pyridine rings is 1. The molecule has 0 aliphatic rings. The lowest BCUT2D eigenvalue weighted by Crippen LogP contribution is -2.13. The van der Waals surface area contributed by atoms with Crippen LogP contribution in [0.25, 0.3) is 10.9 Å². The first-order valence-corrected chi connectivity index (χ1v) is 10.9. The van der Waals surface area contributed by atoms with E-state index in [2.05, 4.69) is 32.0 Å². The van der Waals surface area contributed by atoms with Crippen LogP contribution in [0.15, 0.2) is 89.7 Å². The van der Waals surface area contributed by atoms with Crippen molar-refractivity contribution in [2.24, 2.45) is 4.99 Å². The van der Waals surface area contributed by atoms with Crippen molar-refractivity contribution in [3.05, 3.63) is 102 Å². The number of amides is 1. The number of carbonyl (C=O) groups excluding carboxylic acids is 1. The summed E-state index contributed by atoms with van der Waals surface area (Å²) in [6.07, 6.45) is 9.78. The van der Waals surface area contributed by atoms with E-state index in [0.29, 0.717) is 39.2 Å². The molecule has 0 spiro atoms. The van der Waals surface area contributed by atoms with Gasteiger partial charge in [-0.15, -0.1) is 0 Å². The highest BCUT2D eigenvalue weighted by Crippen LogP contribution is 2.26. The maximum atomic E-state index is 14.6. The number of rotatable bonds is 7. The van der Waals surface area contributed by atoms with Gasteiger partial charge in [-0.05, 0) is 79.7 Å². The van der Waals surface area contributed by atoms with E-state index in [1.54, 1.807) is 61.7 Å². The second-order valence-electron chi connectivity index (χ2n) is 7.75. The number of aromatic nitrogens is 1. The minimum absolute atomic E-state index is 0.0496. The van der Waals surface area contributed by atoms with E-state index in [4.69, 9.17) is 6.42 Å². The second-order valence-corrected chi connectivity index (χ2v) is 7.75. The fraction of sp³-hybridized carbons (Fsp3) is 0.0357. The molecule has 0 aliphatic heterocycles. The van der Waals surface area contributed by atoms with Gasteiger partial charge in [0, 0.05) is 52.2 Å². The van der Waals surface area contributed by atoms with Gasteiger partial charge >= 0.3 is 0 Å². The van der Waals surface area contributed by atoms with Gasteiger partial charge < -0.3 is 16.0 Å². The third-order valence-corrected chi connectivity index (χ3v) is 5.16. The SMILES string of the molecule is C#CN=C/C=C(\C)Nc1ccc(NC(=O)c2ccc(Nc3ccnc4ccc(F)cc34)cc2)c(F)c1. The average Bonchev–Trinajstić information content (AvgIpc) is 2.86. The molecule has 1 amide bonds. The zero-order chi connectivity index (χ0) is 25.5. The van der Waals surface area contributed by atoms with Gasteiger partial charge in [0.1, 0.15) is 11.6 Å². The fourth-order valence-electron chi connectivity index (χ4n) is 3.44. The van der Waals surface area contributed by atoms with Gasteiger partial charge in [-0.3, -0.25) is 9.78 Å². The number of hydrogen-bond donors (Lipinski definition) is 3. The summed E-state index contributed by atoms with van der Waals surface area (Å²) in [7, 11) is 0. The quantitative estimate of drug-likeness (QED) is 0.208. The minimum atomic E-state index is -0.589. The lowest BCUT2D eigenvalue weighted by Gasteiger charge is -2.12. The van der Waals surface area contributed by atoms with Crippen molar-refractivity contribution in [1.82, 2.24) is 4.98 Å². The van der Waals surface area contributed by atoms with E-state index in [-0.39, 0.29) is 11.5 Å². The molecule has 36 heavy (non-hydrogen) atoms. The van der Waals surface area contributed by atoms with Crippen LogP contribution < -0.4 is 16.0 Å². The average molecular weight is 482 g/mol. The molecule has 0 radical (unpaired) electrons. The Morgan fingerprint density at radius 2 is 1.75 bits per heavy atom. The number of nitrogens with one attached hydrogen (secondary N) is 3. The molecule has 0 saturated heterocycles. The topological polar surface area (TPSA) is 78.4 Å². The van der Waals surface area contributed by atoms with Crippen LogP contribution in [0, 0.1) is 24.1 Å². The number of fused-ring (bicyclic) bond motifs is 1. The highest BCUT2D eigenvalue weighted by Gasteiger charge is 2.11. The molecule has 4 rings (SSSR count). The van der Waals surface area contributed by atoms with Gasteiger partial charge in [0.05, 0.1) is 11.2 Å². The zero-order valence-corrected chi connectivity index (χ0v) is 19.2. The van der Waals surface area contributed by atoms with Crippen molar-refractivity contribution in [2.75, 3.05) is 16.0 Å². The van der Waals surface area contributed by atoms with Crippen molar-refractivity contribution in [1.29, 1.82) is 0 Å². The number of nitrogens with zero attached hydrogens (tertiary/aromatic N) is 2. The second kappa shape index (κ2) is 10.9. The van der Waals surface area contributed by atoms with Crippen LogP contribution in [-0.2, 0) is 0 Å². The molecule has 4 aromatic rings. The predicted octanol–water partition coefficient (Wildman–Crippen LogP) is 6.49. The highest BCUT2D eigenvalue weighted by atomic mass is 19.1. The Hall–Kier alpha value is -5.03. The van der Waals surface area contributed by atoms with E-state index < -0.39 is 11.7 Å². The van der Waals surface area contributed by atoms with Crippen LogP contribution in [0.3, 0.4) is 0 Å². The summed E-state index contributed by atoms with van der Waals surface area (Å²) >= 11 is 0. The Labute approximate surface area is 206 Å². The fourth-order valence-corrected chi connectivity index (χ4v) is 3.44. The molecule has 3 N–H and O–H groups in total. The Morgan fingerprint density at radius 3 is 2.50 bits per heavy atom. The van der Waals surface area contributed by atoms with Crippen molar-refractivity contribution in [2.45, 2.75) is 6.92 Å². The Morgan fingerprint density at radius 1 is 0.972 bits per heavy atom. The van der Waals surface area contributed by atoms with Crippen LogP contribution in [0.5, 0.6) is 0 Å². The number of allylic oxidation sites excluding steroid dienone is 2. The van der Waals surface area contributed by atoms with Crippen LogP contribution in [0.2, 0.25) is 0 Å². The van der Waals surface area contributed by atoms with Crippen molar-refractivity contribution in [3.8, 4) is 12.5 Å². The van der Waals surface area contributed by atoms with Crippen LogP contribution in [0.4, 0.5) is 31.5 Å². The summed E-state index contributed by atoms with van der Waals surface area (Å²) < 4.78 is 28.3. The molecule has 0 unspecified atom stereocenters. The van der Waals surface area contributed by atoms with Gasteiger partial charge in [0.15, 0.2) is 0 Å². The monoisotopic (exact) mass is 481 g/mol. The van der Waals surface area contributed by atoms with E-state index in [1.807, 2.05) is 0 Å². The minimum Gasteiger partial charge on any atom is -0.359 e. The highest BCUT2D eigenvalue weighted by molar-refractivity contribution is 6.04. The van der Waals surface area contributed by atoms with Crippen molar-refractivity contribution in [3.63, 3.8) is 0 Å². The van der Waals surface area contributed by atoms with E-state index in [1.165, 1.54) is 30.5 Å². The van der Waals surface area contributed by atoms with Crippen LogP contribution in [0.1, 0.15) is 17.3 Å². The van der Waals surface area contributed by atoms with Gasteiger partial charge in [0.25, 0.3) is 5.91 Å². The molecule has 8 heteroatoms. The summed E-state index contributed by atoms with van der Waals surface area (Å²) in [5.74, 6) is -1.41. The first-order chi connectivity index (χ1) is 17.4. The number of anilines is 4. The number of aliphatic imine (C=N–C) groups is 1. The number of carbonyl (C=O) groups is 1. The molecule has 0 aliphatic carbocycles. The summed E-state index contributed by atoms with van der Waals surface area (Å²) in [4.78, 5) is 20.5. The summed E-state index contributed by atoms with van der Waals surface area (Å²) in [6.45, 7) is 1.78. The van der Waals surface area contributed by atoms with E-state index in [9.17, 15) is 13.6 Å². The molecule has 1 heterocycles. The van der Waals surface area contributed by atoms with Crippen LogP contribution in [-0.4, -0.2) is 17.1 Å². The molecule has 0 atom stereocenters. The number of terminal acetylenes is 1. The molecular weight excluding hydrogens is 460 g/mol. The zero-order valence-electron chi connectivity index (χ0n) is 19.2. The predicted molar refractivity (Wildman–Crippen MR) is 140 cm³/mol. The van der Waals surface area contributed by atoms with Crippen molar-refractivity contribution >= 4 is 45.8 Å². The van der Waals surface area contributed by atoms with Crippen molar-refractivity contribution < 1.29 is 13.6 Å². The summed E-state index contributed by atoms with van der Waals surface area (Å²) in [5.41, 5.74) is 3.65. The normalized spacial score (nSPS) is 11.3. The van der Waals surface area contributed by atoms with E-state index in [0.717, 1.165) is 0 Å². The number of hydrogen-bond acceptors (Lipinski definition) is 5. The lowest BCUT2D eigenvalue weighted by molar-refractivity contribution is 0.102. The molecule has 3 aromatic carbocycles. The first kappa shape index (κ1) is 24.1. The Bertz CT molecular complexity index is 1520. The Kier molecular flexibility index (Phi) is 7.32. The maximum Gasteiger partial charge on any atom is 0.255 e. The largest absolute Gasteiger partial charge is 0.359 e. The molecule has 0 bridgehead atoms. The smallest absolute Gasteiger partial charge is 0.255 e. The van der Waals surface area contributed by atoms with Crippen LogP contribution >= 0.6 is 0 Å². The van der Waals surface area contributed by atoms with E-state index >= 15 is 0 Å². The summed E-state index contributed by atoms with van der Waals surface area (Å²) in [6, 6.07) is 19.3. The van der Waals surface area contributed by atoms with Gasteiger partial charge in [-0.25, -0.2) is 13.8 Å². The third-order valence-electron chi connectivity index (χ3n) is 5.16. The Balaban J connectivity index is 1.43. The third kappa shape index (κ3) is 5.90. The molecule has 1 aromatic heterocycles. The van der Waals surface area contributed by atoms with Gasteiger partial charge in [-0.1, -0.05) is 6.42 Å². The summed E-state index contributed by atoms with van der Waals surface area (Å²) in [5, 5.41) is 9.44. The molecule has 0 saturated carbocycles. The molecule has 0 fully saturated rings. The lowest BCUT2D eigenvalue weighted by atomic mass is 10.1. The maximum absolute atomic E-state index is 14.6. The molecule has 6 nitrogen and oxygen atoms in total.